The van der Waals surface area contributed by atoms with Gasteiger partial charge in [0.25, 0.3) is 0 Å². The molecule has 0 nitrogen and oxygen atoms in total. The van der Waals surface area contributed by atoms with Crippen molar-refractivity contribution >= 4 is 3.21 Å². The maximum atomic E-state index is 2.58. The molecule has 0 radical (unpaired) electrons. The SMILES string of the molecule is CCC1=[C]([Zr+2](=[C](c2ccccc2)c2ccccc2)[CH]2c3cc(CC)ccc3-c3ccc(CC)cc32)C(CC)C=C1.[Cl-].[Cl-]. The van der Waals surface area contributed by atoms with Crippen LogP contribution in [-0.2, 0) is 34.1 Å². The largest absolute Gasteiger partial charge is 1.00 e. The topological polar surface area (TPSA) is 0 Å². The van der Waals surface area contributed by atoms with E-state index in [-0.39, 0.29) is 24.8 Å². The Morgan fingerprint density at radius 2 is 1.12 bits per heavy atom. The van der Waals surface area contributed by atoms with Crippen molar-refractivity contribution in [3.8, 4) is 11.1 Å². The van der Waals surface area contributed by atoms with Crippen molar-refractivity contribution in [2.75, 3.05) is 0 Å². The predicted octanol–water partition coefficient (Wildman–Crippen LogP) is 4.04. The summed E-state index contributed by atoms with van der Waals surface area (Å²) in [5.74, 6) is 0.544. The van der Waals surface area contributed by atoms with E-state index in [0.717, 1.165) is 19.3 Å². The molecule has 0 fully saturated rings. The molecule has 0 bridgehead atoms. The van der Waals surface area contributed by atoms with Gasteiger partial charge in [-0.3, -0.25) is 0 Å². The molecule has 0 saturated carbocycles. The van der Waals surface area contributed by atoms with Gasteiger partial charge in [0.15, 0.2) is 0 Å². The van der Waals surface area contributed by atoms with Gasteiger partial charge in [-0.2, -0.15) is 0 Å². The third-order valence-electron chi connectivity index (χ3n) is 9.00. The first-order chi connectivity index (χ1) is 19.7. The Hall–Kier alpha value is -2.31. The van der Waals surface area contributed by atoms with Crippen LogP contribution in [0.2, 0.25) is 0 Å². The number of rotatable bonds is 8. The summed E-state index contributed by atoms with van der Waals surface area (Å²) < 4.78 is 3.94. The average molecular weight is 671 g/mol. The minimum atomic E-state index is -2.73. The molecule has 3 heteroatoms. The van der Waals surface area contributed by atoms with Crippen molar-refractivity contribution in [2.45, 2.75) is 57.0 Å². The van der Waals surface area contributed by atoms with Gasteiger partial charge >= 0.3 is 250 Å². The molecule has 0 spiro atoms. The van der Waals surface area contributed by atoms with Crippen molar-refractivity contribution in [3.63, 3.8) is 0 Å². The van der Waals surface area contributed by atoms with E-state index in [9.17, 15) is 0 Å². The zero-order chi connectivity index (χ0) is 27.6. The van der Waals surface area contributed by atoms with Gasteiger partial charge in [0.05, 0.1) is 0 Å². The number of aryl methyl sites for hydroxylation is 2. The van der Waals surface area contributed by atoms with E-state index >= 15 is 0 Å². The van der Waals surface area contributed by atoms with Crippen molar-refractivity contribution in [1.29, 1.82) is 0 Å². The van der Waals surface area contributed by atoms with Gasteiger partial charge in [-0.25, -0.2) is 0 Å². The van der Waals surface area contributed by atoms with E-state index in [4.69, 9.17) is 0 Å². The number of hydrogen-bond donors (Lipinski definition) is 0. The van der Waals surface area contributed by atoms with Crippen LogP contribution in [0.3, 0.4) is 0 Å². The molecule has 0 aliphatic heterocycles. The first-order valence-electron chi connectivity index (χ1n) is 15.2. The fourth-order valence-electron chi connectivity index (χ4n) is 6.91. The second kappa shape index (κ2) is 14.4. The first kappa shape index (κ1) is 32.6. The quantitative estimate of drug-likeness (QED) is 0.266. The maximum absolute atomic E-state index is 2.73. The summed E-state index contributed by atoms with van der Waals surface area (Å²) in [4.78, 5) is 0. The molecular formula is C39H40Cl2Zr. The molecule has 214 valence electrons. The van der Waals surface area contributed by atoms with Crippen LogP contribution in [0.25, 0.3) is 11.1 Å². The van der Waals surface area contributed by atoms with E-state index in [1.807, 2.05) is 3.28 Å². The molecule has 0 amide bonds. The van der Waals surface area contributed by atoms with E-state index in [1.165, 1.54) is 39.8 Å². The number of allylic oxidation sites excluding steroid dienone is 4. The van der Waals surface area contributed by atoms with Crippen molar-refractivity contribution < 1.29 is 46.1 Å². The van der Waals surface area contributed by atoms with Crippen LogP contribution in [0.15, 0.2) is 118 Å². The van der Waals surface area contributed by atoms with Crippen LogP contribution >= 0.6 is 0 Å². The zero-order valence-corrected chi connectivity index (χ0v) is 29.1. The monoisotopic (exact) mass is 668 g/mol. The van der Waals surface area contributed by atoms with E-state index in [2.05, 4.69) is 137 Å². The number of halogens is 2. The van der Waals surface area contributed by atoms with E-state index < -0.39 is 21.3 Å². The summed E-state index contributed by atoms with van der Waals surface area (Å²) in [5.41, 5.74) is 13.5. The summed E-state index contributed by atoms with van der Waals surface area (Å²) in [6, 6.07) is 37.5. The van der Waals surface area contributed by atoms with Crippen molar-refractivity contribution in [1.82, 2.24) is 0 Å². The van der Waals surface area contributed by atoms with Crippen molar-refractivity contribution in [2.24, 2.45) is 5.92 Å². The Kier molecular flexibility index (Phi) is 11.2. The summed E-state index contributed by atoms with van der Waals surface area (Å²) in [6.07, 6.45) is 9.45. The Labute approximate surface area is 273 Å². The smallest absolute Gasteiger partial charge is 1.00 e. The predicted molar refractivity (Wildman–Crippen MR) is 169 cm³/mol. The van der Waals surface area contributed by atoms with Gasteiger partial charge in [-0.15, -0.1) is 0 Å². The molecule has 4 aromatic rings. The van der Waals surface area contributed by atoms with E-state index in [1.54, 1.807) is 19.9 Å². The molecule has 2 aliphatic rings. The molecule has 0 heterocycles. The Morgan fingerprint density at radius 1 is 0.619 bits per heavy atom. The molecule has 0 aromatic heterocycles. The van der Waals surface area contributed by atoms with E-state index in [0.29, 0.717) is 9.54 Å². The first-order valence-corrected chi connectivity index (χ1v) is 19.1. The second-order valence-electron chi connectivity index (χ2n) is 11.2. The molecule has 6 rings (SSSR count). The Balaban J connectivity index is 0.00000202. The summed E-state index contributed by atoms with van der Waals surface area (Å²) in [6.45, 7) is 9.35. The molecule has 2 aliphatic carbocycles. The zero-order valence-electron chi connectivity index (χ0n) is 25.1. The molecule has 1 atom stereocenters. The molecule has 1 unspecified atom stereocenters. The number of fused-ring (bicyclic) bond motifs is 3. The van der Waals surface area contributed by atoms with Gasteiger partial charge in [0.1, 0.15) is 0 Å². The van der Waals surface area contributed by atoms with Crippen LogP contribution in [-0.4, -0.2) is 3.21 Å². The second-order valence-corrected chi connectivity index (χ2v) is 17.2. The molecule has 0 N–H and O–H groups in total. The fourth-order valence-corrected chi connectivity index (χ4v) is 17.3. The minimum Gasteiger partial charge on any atom is -1.00 e. The van der Waals surface area contributed by atoms with Gasteiger partial charge in [-0.05, 0) is 0 Å². The fraction of sp³-hybridized carbons (Fsp3) is 0.256. The third-order valence-corrected chi connectivity index (χ3v) is 17.8. The third kappa shape index (κ3) is 5.91. The van der Waals surface area contributed by atoms with Crippen LogP contribution in [0.4, 0.5) is 0 Å². The molecular weight excluding hydrogens is 631 g/mol. The minimum absolute atomic E-state index is 0. The van der Waals surface area contributed by atoms with Gasteiger partial charge in [0.2, 0.25) is 0 Å². The summed E-state index contributed by atoms with van der Waals surface area (Å²) in [7, 11) is 0. The number of benzene rings is 4. The van der Waals surface area contributed by atoms with Crippen molar-refractivity contribution in [3.05, 3.63) is 151 Å². The Morgan fingerprint density at radius 3 is 1.55 bits per heavy atom. The normalized spacial score (nSPS) is 14.9. The van der Waals surface area contributed by atoms with Gasteiger partial charge in [0, 0.05) is 0 Å². The van der Waals surface area contributed by atoms with Gasteiger partial charge < -0.3 is 24.8 Å². The summed E-state index contributed by atoms with van der Waals surface area (Å²) >= 11 is -2.73. The average Bonchev–Trinajstić information content (AvgIpc) is 3.58. The molecule has 4 aromatic carbocycles. The van der Waals surface area contributed by atoms with Crippen LogP contribution in [0, 0.1) is 5.92 Å². The van der Waals surface area contributed by atoms with Crippen LogP contribution in [0.5, 0.6) is 0 Å². The summed E-state index contributed by atoms with van der Waals surface area (Å²) in [5, 5.41) is 0. The molecule has 0 saturated heterocycles. The molecule has 42 heavy (non-hydrogen) atoms. The Bertz CT molecular complexity index is 1540. The standard InChI is InChI=1S/C17H17.C13H10.C9H13.2ClH.Zr/c1-3-12-5-7-16-14(9-12)11-15-10-13(4-2)6-8-17(15)16;1-3-7-12(8-4-1)11-13-9-5-2-6-10-13;1-3-8-5-6-9(4-2)7-8;;;/h5-11H,3-4H2,1-2H3;1-10H;5-6,8H,3-4H2,1-2H3;2*1H;/q;;;;;+2/p-2. The number of hydrogen-bond acceptors (Lipinski definition) is 0. The van der Waals surface area contributed by atoms with Gasteiger partial charge in [-0.1, -0.05) is 0 Å². The van der Waals surface area contributed by atoms with Crippen LogP contribution in [0.1, 0.15) is 77.5 Å². The maximum Gasteiger partial charge on any atom is -1.00 e. The van der Waals surface area contributed by atoms with Crippen LogP contribution < -0.4 is 24.8 Å².